The van der Waals surface area contributed by atoms with E-state index in [0.29, 0.717) is 12.4 Å². The predicted octanol–water partition coefficient (Wildman–Crippen LogP) is 2.95. The van der Waals surface area contributed by atoms with E-state index in [1.807, 2.05) is 6.92 Å². The Labute approximate surface area is 139 Å². The quantitative estimate of drug-likeness (QED) is 0.218. The Kier molecular flexibility index (Phi) is 10.4. The highest BCUT2D eigenvalue weighted by atomic mass is 31.2. The van der Waals surface area contributed by atoms with Gasteiger partial charge in [-0.1, -0.05) is 25.7 Å². The van der Waals surface area contributed by atoms with Crippen LogP contribution >= 0.6 is 7.52 Å². The number of ether oxygens (including phenoxy) is 1. The van der Waals surface area contributed by atoms with Gasteiger partial charge in [0.15, 0.2) is 5.79 Å². The summed E-state index contributed by atoms with van der Waals surface area (Å²) in [6.07, 6.45) is 7.17. The van der Waals surface area contributed by atoms with Gasteiger partial charge in [0, 0.05) is 6.61 Å². The number of aliphatic hydroxyl groups is 2. The molecule has 3 atom stereocenters. The van der Waals surface area contributed by atoms with E-state index in [-0.39, 0.29) is 12.8 Å². The van der Waals surface area contributed by atoms with Crippen LogP contribution in [0.1, 0.15) is 34.1 Å². The van der Waals surface area contributed by atoms with Crippen LogP contribution in [0.25, 0.3) is 0 Å². The van der Waals surface area contributed by atoms with Gasteiger partial charge in [0.2, 0.25) is 0 Å². The molecule has 3 unspecified atom stereocenters. The Morgan fingerprint density at radius 1 is 1.52 bits per heavy atom. The molecule has 0 spiro atoms. The lowest BCUT2D eigenvalue weighted by Crippen LogP contribution is -2.48. The van der Waals surface area contributed by atoms with Crippen LogP contribution in [-0.4, -0.2) is 41.4 Å². The Hall–Kier alpha value is -0.910. The highest BCUT2D eigenvalue weighted by molar-refractivity contribution is 7.57. The van der Waals surface area contributed by atoms with Crippen LogP contribution in [0.2, 0.25) is 0 Å². The fourth-order valence-electron chi connectivity index (χ4n) is 1.63. The van der Waals surface area contributed by atoms with Gasteiger partial charge >= 0.3 is 7.52 Å². The molecule has 23 heavy (non-hydrogen) atoms. The summed E-state index contributed by atoms with van der Waals surface area (Å²) in [6, 6.07) is -0.659. The van der Waals surface area contributed by atoms with Gasteiger partial charge in [0.05, 0.1) is 18.8 Å². The molecule has 0 bridgehead atoms. The predicted molar refractivity (Wildman–Crippen MR) is 93.2 cm³/mol. The van der Waals surface area contributed by atoms with Gasteiger partial charge in [-0.25, -0.2) is 5.09 Å². The van der Waals surface area contributed by atoms with Gasteiger partial charge in [0.1, 0.15) is 5.76 Å². The van der Waals surface area contributed by atoms with Gasteiger partial charge in [-0.2, -0.15) is 0 Å². The van der Waals surface area contributed by atoms with Crippen molar-refractivity contribution in [3.05, 3.63) is 36.6 Å². The summed E-state index contributed by atoms with van der Waals surface area (Å²) in [5, 5.41) is 22.3. The number of hydrogen-bond acceptors (Lipinski definition) is 5. The first-order valence-electron chi connectivity index (χ1n) is 7.73. The highest BCUT2D eigenvalue weighted by Crippen LogP contribution is 2.45. The highest BCUT2D eigenvalue weighted by Gasteiger charge is 2.36. The zero-order valence-corrected chi connectivity index (χ0v) is 15.4. The van der Waals surface area contributed by atoms with Crippen LogP contribution in [0.3, 0.4) is 0 Å². The number of aliphatic hydroxyl groups excluding tert-OH is 1. The second-order valence-corrected chi connectivity index (χ2v) is 7.49. The molecule has 0 aromatic rings. The van der Waals surface area contributed by atoms with Crippen molar-refractivity contribution in [2.45, 2.75) is 45.9 Å². The fourth-order valence-corrected chi connectivity index (χ4v) is 3.50. The molecule has 0 aliphatic heterocycles. The summed E-state index contributed by atoms with van der Waals surface area (Å²) in [5.74, 6) is -1.12. The lowest BCUT2D eigenvalue weighted by Gasteiger charge is -2.33. The molecule has 0 rings (SSSR count). The maximum atomic E-state index is 12.9. The average Bonchev–Trinajstić information content (AvgIpc) is 2.49. The molecule has 0 saturated carbocycles. The van der Waals surface area contributed by atoms with Gasteiger partial charge in [-0.3, -0.25) is 4.57 Å². The lowest BCUT2D eigenvalue weighted by atomic mass is 10.2. The van der Waals surface area contributed by atoms with E-state index >= 15 is 0 Å². The van der Waals surface area contributed by atoms with Crippen molar-refractivity contribution in [2.75, 3.05) is 19.4 Å². The minimum Gasteiger partial charge on any atom is -0.433 e. The maximum Gasteiger partial charge on any atom is 0.319 e. The largest absolute Gasteiger partial charge is 0.433 e. The topological polar surface area (TPSA) is 88.0 Å². The Bertz CT molecular complexity index is 459. The molecule has 134 valence electrons. The third-order valence-electron chi connectivity index (χ3n) is 3.12. The standard InChI is InChI=1S/C16H30NO5P/c1-6-9-10-15(8-3)22-23(20,13-11-18)17-14(4)16(5,19)21-12-7-2/h6,8-10,14,18-19H,1,7,11-13H2,2-5H3,(H,17,20)/b10-9-,15-8+. The monoisotopic (exact) mass is 347 g/mol. The van der Waals surface area contributed by atoms with Crippen LogP contribution in [0.15, 0.2) is 36.6 Å². The third-order valence-corrected chi connectivity index (χ3v) is 5.20. The number of nitrogens with one attached hydrogen (secondary N) is 1. The molecule has 7 heteroatoms. The van der Waals surface area contributed by atoms with Crippen molar-refractivity contribution in [2.24, 2.45) is 0 Å². The van der Waals surface area contributed by atoms with Crippen molar-refractivity contribution in [3.8, 4) is 0 Å². The van der Waals surface area contributed by atoms with E-state index < -0.39 is 19.3 Å². The maximum absolute atomic E-state index is 12.9. The van der Waals surface area contributed by atoms with Gasteiger partial charge < -0.3 is 19.5 Å². The van der Waals surface area contributed by atoms with Crippen molar-refractivity contribution >= 4 is 7.52 Å². The molecule has 6 nitrogen and oxygen atoms in total. The summed E-state index contributed by atoms with van der Waals surface area (Å²) >= 11 is 0. The number of rotatable bonds is 12. The summed E-state index contributed by atoms with van der Waals surface area (Å²) in [5.41, 5.74) is 0. The first-order valence-corrected chi connectivity index (χ1v) is 9.54. The van der Waals surface area contributed by atoms with Crippen molar-refractivity contribution in [3.63, 3.8) is 0 Å². The first kappa shape index (κ1) is 22.1. The van der Waals surface area contributed by atoms with Gasteiger partial charge in [0.25, 0.3) is 0 Å². The second-order valence-electron chi connectivity index (χ2n) is 5.25. The van der Waals surface area contributed by atoms with Crippen LogP contribution in [0.4, 0.5) is 0 Å². The Morgan fingerprint density at radius 2 is 2.17 bits per heavy atom. The van der Waals surface area contributed by atoms with Crippen LogP contribution in [0, 0.1) is 0 Å². The minimum absolute atomic E-state index is 0.0829. The zero-order chi connectivity index (χ0) is 17.9. The molecule has 0 fully saturated rings. The van der Waals surface area contributed by atoms with E-state index in [2.05, 4.69) is 11.7 Å². The van der Waals surface area contributed by atoms with E-state index in [0.717, 1.165) is 6.42 Å². The van der Waals surface area contributed by atoms with E-state index in [1.165, 1.54) is 6.92 Å². The lowest BCUT2D eigenvalue weighted by molar-refractivity contribution is -0.203. The molecule has 0 aliphatic carbocycles. The summed E-state index contributed by atoms with van der Waals surface area (Å²) < 4.78 is 23.8. The smallest absolute Gasteiger partial charge is 0.319 e. The summed E-state index contributed by atoms with van der Waals surface area (Å²) in [7, 11) is -3.41. The molecular formula is C16H30NO5P. The molecule has 0 amide bonds. The number of allylic oxidation sites excluding steroid dienone is 4. The van der Waals surface area contributed by atoms with Crippen LogP contribution in [-0.2, 0) is 13.8 Å². The third kappa shape index (κ3) is 8.49. The van der Waals surface area contributed by atoms with Crippen molar-refractivity contribution < 1.29 is 24.0 Å². The average molecular weight is 347 g/mol. The second kappa shape index (κ2) is 10.8. The SMILES string of the molecule is C=C/C=C\C(=C/C)OP(=O)(CCO)NC(C)C(C)(O)OCCC. The van der Waals surface area contributed by atoms with Crippen LogP contribution < -0.4 is 5.09 Å². The van der Waals surface area contributed by atoms with E-state index in [4.69, 9.17) is 9.26 Å². The molecule has 0 aromatic carbocycles. The van der Waals surface area contributed by atoms with E-state index in [1.54, 1.807) is 38.2 Å². The molecule has 0 heterocycles. The van der Waals surface area contributed by atoms with Gasteiger partial charge in [-0.05, 0) is 39.3 Å². The molecule has 0 aliphatic rings. The Morgan fingerprint density at radius 3 is 2.65 bits per heavy atom. The van der Waals surface area contributed by atoms with E-state index in [9.17, 15) is 14.8 Å². The minimum atomic E-state index is -3.41. The molecular weight excluding hydrogens is 317 g/mol. The van der Waals surface area contributed by atoms with Gasteiger partial charge in [-0.15, -0.1) is 0 Å². The van der Waals surface area contributed by atoms with Crippen molar-refractivity contribution in [1.82, 2.24) is 5.09 Å². The molecule has 3 N–H and O–H groups in total. The molecule has 0 radical (unpaired) electrons. The van der Waals surface area contributed by atoms with Crippen molar-refractivity contribution in [1.29, 1.82) is 0 Å². The zero-order valence-electron chi connectivity index (χ0n) is 14.5. The summed E-state index contributed by atoms with van der Waals surface area (Å²) in [6.45, 7) is 10.5. The normalized spacial score (nSPS) is 19.1. The molecule has 0 aromatic heterocycles. The van der Waals surface area contributed by atoms with Crippen LogP contribution in [0.5, 0.6) is 0 Å². The summed E-state index contributed by atoms with van der Waals surface area (Å²) in [4.78, 5) is 0. The Balaban J connectivity index is 5.11. The number of hydrogen-bond donors (Lipinski definition) is 3. The fraction of sp³-hybridized carbons (Fsp3) is 0.625. The molecule has 0 saturated heterocycles. The first-order chi connectivity index (χ1) is 10.7.